The lowest BCUT2D eigenvalue weighted by Crippen LogP contribution is -2.48. The molecule has 2 saturated heterocycles. The van der Waals surface area contributed by atoms with E-state index >= 15 is 0 Å². The Morgan fingerprint density at radius 1 is 1.08 bits per heavy atom. The van der Waals surface area contributed by atoms with Crippen LogP contribution in [0.3, 0.4) is 0 Å². The van der Waals surface area contributed by atoms with Gasteiger partial charge in [-0.1, -0.05) is 0 Å². The van der Waals surface area contributed by atoms with Crippen molar-refractivity contribution < 1.29 is 0 Å². The van der Waals surface area contributed by atoms with Crippen molar-refractivity contribution in [3.63, 3.8) is 0 Å². The predicted molar refractivity (Wildman–Crippen MR) is 97.5 cm³/mol. The van der Waals surface area contributed by atoms with E-state index in [4.69, 9.17) is 4.99 Å². The number of piperazine rings is 1. The van der Waals surface area contributed by atoms with Gasteiger partial charge in [0.25, 0.3) is 0 Å². The van der Waals surface area contributed by atoms with Gasteiger partial charge in [-0.3, -0.25) is 9.89 Å². The number of hydrogen-bond acceptors (Lipinski definition) is 5. The number of nitrogens with zero attached hydrogens (tertiary/aromatic N) is 6. The van der Waals surface area contributed by atoms with Crippen molar-refractivity contribution in [3.8, 4) is 0 Å². The molecule has 3 rings (SSSR count). The zero-order valence-corrected chi connectivity index (χ0v) is 14.7. The second-order valence-corrected chi connectivity index (χ2v) is 6.31. The van der Waals surface area contributed by atoms with Crippen LogP contribution in [0.5, 0.6) is 0 Å². The first kappa shape index (κ1) is 17.0. The maximum Gasteiger partial charge on any atom is 0.225 e. The Morgan fingerprint density at radius 2 is 1.79 bits per heavy atom. The summed E-state index contributed by atoms with van der Waals surface area (Å²) >= 11 is 0. The fourth-order valence-electron chi connectivity index (χ4n) is 3.28. The van der Waals surface area contributed by atoms with Crippen LogP contribution in [0, 0.1) is 0 Å². The van der Waals surface area contributed by atoms with E-state index in [2.05, 4.69) is 36.9 Å². The minimum atomic E-state index is 0.846. The van der Waals surface area contributed by atoms with Gasteiger partial charge in [-0.15, -0.1) is 0 Å². The largest absolute Gasteiger partial charge is 0.357 e. The third-order valence-electron chi connectivity index (χ3n) is 4.63. The molecule has 2 aliphatic heterocycles. The number of hydrogen-bond donors (Lipinski definition) is 1. The number of nitrogens with one attached hydrogen (secondary N) is 1. The molecule has 0 aromatic carbocycles. The van der Waals surface area contributed by atoms with Crippen LogP contribution < -0.4 is 10.2 Å². The maximum atomic E-state index is 4.82. The number of likely N-dealkylation sites (tertiary alicyclic amines) is 1. The highest BCUT2D eigenvalue weighted by atomic mass is 15.3. The van der Waals surface area contributed by atoms with Crippen LogP contribution in [-0.2, 0) is 0 Å². The molecule has 0 radical (unpaired) electrons. The number of aromatic nitrogens is 2. The van der Waals surface area contributed by atoms with E-state index in [-0.39, 0.29) is 0 Å². The molecule has 1 aromatic heterocycles. The highest BCUT2D eigenvalue weighted by Crippen LogP contribution is 2.10. The molecule has 1 aromatic rings. The van der Waals surface area contributed by atoms with E-state index in [9.17, 15) is 0 Å². The van der Waals surface area contributed by atoms with Crippen LogP contribution in [0.4, 0.5) is 5.95 Å². The van der Waals surface area contributed by atoms with E-state index in [0.717, 1.165) is 70.8 Å². The van der Waals surface area contributed by atoms with Crippen molar-refractivity contribution in [1.82, 2.24) is 25.1 Å². The summed E-state index contributed by atoms with van der Waals surface area (Å²) in [6.45, 7) is 11.3. The Kier molecular flexibility index (Phi) is 6.23. The fraction of sp³-hybridized carbons (Fsp3) is 0.706. The van der Waals surface area contributed by atoms with Crippen LogP contribution in [0.2, 0.25) is 0 Å². The average Bonchev–Trinajstić information content (AvgIpc) is 3.17. The van der Waals surface area contributed by atoms with E-state index in [0.29, 0.717) is 0 Å². The molecule has 0 aliphatic carbocycles. The van der Waals surface area contributed by atoms with Crippen LogP contribution in [0.1, 0.15) is 19.8 Å². The molecule has 132 valence electrons. The zero-order valence-electron chi connectivity index (χ0n) is 14.7. The van der Waals surface area contributed by atoms with E-state index < -0.39 is 0 Å². The van der Waals surface area contributed by atoms with Crippen LogP contribution >= 0.6 is 0 Å². The fourth-order valence-corrected chi connectivity index (χ4v) is 3.28. The average molecular weight is 331 g/mol. The Hall–Kier alpha value is -1.89. The summed E-state index contributed by atoms with van der Waals surface area (Å²) in [7, 11) is 0. The summed E-state index contributed by atoms with van der Waals surface area (Å²) < 4.78 is 0. The van der Waals surface area contributed by atoms with Gasteiger partial charge in [-0.25, -0.2) is 9.97 Å². The SMILES string of the molecule is CCNC(=NCCN1CCN(c2ncccn2)CC1)N1CCCC1. The molecule has 0 spiro atoms. The third-order valence-corrected chi connectivity index (χ3v) is 4.63. The van der Waals surface area contributed by atoms with Gasteiger partial charge in [0.05, 0.1) is 6.54 Å². The second kappa shape index (κ2) is 8.82. The van der Waals surface area contributed by atoms with Gasteiger partial charge < -0.3 is 15.1 Å². The van der Waals surface area contributed by atoms with Crippen LogP contribution in [0.15, 0.2) is 23.5 Å². The molecule has 3 heterocycles. The van der Waals surface area contributed by atoms with Gasteiger partial charge >= 0.3 is 0 Å². The molecule has 0 bridgehead atoms. The van der Waals surface area contributed by atoms with Crippen LogP contribution in [-0.4, -0.2) is 84.6 Å². The number of rotatable bonds is 5. The van der Waals surface area contributed by atoms with Crippen LogP contribution in [0.25, 0.3) is 0 Å². The van der Waals surface area contributed by atoms with Crippen molar-refractivity contribution in [2.45, 2.75) is 19.8 Å². The topological polar surface area (TPSA) is 59.9 Å². The molecule has 1 N–H and O–H groups in total. The Morgan fingerprint density at radius 3 is 2.46 bits per heavy atom. The maximum absolute atomic E-state index is 4.82. The van der Waals surface area contributed by atoms with Crippen molar-refractivity contribution in [2.24, 2.45) is 4.99 Å². The highest BCUT2D eigenvalue weighted by Gasteiger charge is 2.19. The van der Waals surface area contributed by atoms with Gasteiger partial charge in [0.15, 0.2) is 5.96 Å². The molecule has 24 heavy (non-hydrogen) atoms. The summed E-state index contributed by atoms with van der Waals surface area (Å²) in [5, 5.41) is 3.42. The standard InChI is InChI=1S/C17H29N7/c1-2-18-16(23-9-3-4-10-23)21-8-11-22-12-14-24(15-13-22)17-19-6-5-7-20-17/h5-7H,2-4,8-15H2,1H3,(H,18,21). The van der Waals surface area contributed by atoms with Gasteiger partial charge in [-0.2, -0.15) is 0 Å². The molecule has 0 amide bonds. The molecule has 2 aliphatic rings. The van der Waals surface area contributed by atoms with Crippen molar-refractivity contribution >= 4 is 11.9 Å². The van der Waals surface area contributed by atoms with E-state index in [1.54, 1.807) is 0 Å². The first-order valence-corrected chi connectivity index (χ1v) is 9.14. The Labute approximate surface area is 144 Å². The highest BCUT2D eigenvalue weighted by molar-refractivity contribution is 5.80. The normalized spacial score (nSPS) is 19.8. The molecule has 0 atom stereocenters. The summed E-state index contributed by atoms with van der Waals surface area (Å²) in [6, 6.07) is 1.86. The smallest absolute Gasteiger partial charge is 0.225 e. The lowest BCUT2D eigenvalue weighted by Gasteiger charge is -2.34. The van der Waals surface area contributed by atoms with Crippen molar-refractivity contribution in [2.75, 3.05) is 63.8 Å². The summed E-state index contributed by atoms with van der Waals surface area (Å²) in [5.74, 6) is 1.94. The minimum Gasteiger partial charge on any atom is -0.357 e. The minimum absolute atomic E-state index is 0.846. The lowest BCUT2D eigenvalue weighted by molar-refractivity contribution is 0.263. The molecule has 2 fully saturated rings. The predicted octanol–water partition coefficient (Wildman–Crippen LogP) is 0.660. The monoisotopic (exact) mass is 331 g/mol. The molecular formula is C17H29N7. The van der Waals surface area contributed by atoms with E-state index in [1.807, 2.05) is 18.5 Å². The number of aliphatic imine (C=N–C) groups is 1. The molecular weight excluding hydrogens is 302 g/mol. The summed E-state index contributed by atoms with van der Waals surface area (Å²) in [6.07, 6.45) is 6.19. The first-order chi connectivity index (χ1) is 11.9. The Bertz CT molecular complexity index is 505. The van der Waals surface area contributed by atoms with Gasteiger partial charge in [0.2, 0.25) is 5.95 Å². The molecule has 7 nitrogen and oxygen atoms in total. The first-order valence-electron chi connectivity index (χ1n) is 9.14. The number of anilines is 1. The van der Waals surface area contributed by atoms with Gasteiger partial charge in [0.1, 0.15) is 0 Å². The van der Waals surface area contributed by atoms with Crippen molar-refractivity contribution in [1.29, 1.82) is 0 Å². The van der Waals surface area contributed by atoms with Gasteiger partial charge in [-0.05, 0) is 25.8 Å². The van der Waals surface area contributed by atoms with E-state index in [1.165, 1.54) is 12.8 Å². The third kappa shape index (κ3) is 4.56. The lowest BCUT2D eigenvalue weighted by atomic mass is 10.3. The zero-order chi connectivity index (χ0) is 16.6. The van der Waals surface area contributed by atoms with Crippen molar-refractivity contribution in [3.05, 3.63) is 18.5 Å². The quantitative estimate of drug-likeness (QED) is 0.632. The van der Waals surface area contributed by atoms with Gasteiger partial charge in [0, 0.05) is 64.8 Å². The second-order valence-electron chi connectivity index (χ2n) is 6.31. The summed E-state index contributed by atoms with van der Waals surface area (Å²) in [4.78, 5) is 20.6. The molecule has 0 unspecified atom stereocenters. The summed E-state index contributed by atoms with van der Waals surface area (Å²) in [5.41, 5.74) is 0. The molecule has 0 saturated carbocycles. The molecule has 7 heteroatoms. The number of guanidine groups is 1. The Balaban J connectivity index is 1.43.